The van der Waals surface area contributed by atoms with Crippen LogP contribution in [-0.2, 0) is 4.74 Å². The molecule has 0 bridgehead atoms. The van der Waals surface area contributed by atoms with E-state index in [9.17, 15) is 0 Å². The highest BCUT2D eigenvalue weighted by atomic mass is 35.5. The SMILES string of the molecule is Cc1nc(N2CCC3(CC2)COC(C)C3N)n2ccnc2c1-c1cccc(Cl)c1Cl. The van der Waals surface area contributed by atoms with Crippen molar-refractivity contribution in [3.63, 3.8) is 0 Å². The first kappa shape index (κ1) is 20.1. The van der Waals surface area contributed by atoms with Crippen LogP contribution in [0.25, 0.3) is 16.8 Å². The second kappa shape index (κ2) is 7.38. The number of hydrogen-bond donors (Lipinski definition) is 1. The predicted octanol–water partition coefficient (Wildman–Crippen LogP) is 4.34. The number of hydrogen-bond acceptors (Lipinski definition) is 5. The van der Waals surface area contributed by atoms with E-state index in [0.717, 1.165) is 61.0 Å². The standard InChI is InChI=1S/C22H25Cl2N5O/c1-13-17(15-4-3-5-16(23)18(15)24)20-26-8-11-29(20)21(27-13)28-9-6-22(7-10-28)12-30-14(2)19(22)25/h3-5,8,11,14,19H,6-7,9-10,12,25H2,1-2H3. The third kappa shape index (κ3) is 3.01. The number of benzene rings is 1. The number of imidazole rings is 1. The van der Waals surface area contributed by atoms with Gasteiger partial charge in [-0.25, -0.2) is 9.97 Å². The lowest BCUT2D eigenvalue weighted by Crippen LogP contribution is -2.51. The van der Waals surface area contributed by atoms with Crippen LogP contribution < -0.4 is 10.6 Å². The fourth-order valence-corrected chi connectivity index (χ4v) is 5.33. The van der Waals surface area contributed by atoms with Crippen LogP contribution in [0.3, 0.4) is 0 Å². The summed E-state index contributed by atoms with van der Waals surface area (Å²) in [6.45, 7) is 6.61. The van der Waals surface area contributed by atoms with Crippen molar-refractivity contribution in [3.8, 4) is 11.1 Å². The van der Waals surface area contributed by atoms with Crippen molar-refractivity contribution in [2.45, 2.75) is 38.8 Å². The number of fused-ring (bicyclic) bond motifs is 1. The van der Waals surface area contributed by atoms with Gasteiger partial charge in [0.05, 0.1) is 28.5 Å². The Morgan fingerprint density at radius 1 is 1.23 bits per heavy atom. The maximum Gasteiger partial charge on any atom is 0.211 e. The number of aryl methyl sites for hydroxylation is 1. The van der Waals surface area contributed by atoms with Crippen molar-refractivity contribution in [2.75, 3.05) is 24.6 Å². The smallest absolute Gasteiger partial charge is 0.211 e. The maximum atomic E-state index is 6.52. The van der Waals surface area contributed by atoms with Crippen LogP contribution >= 0.6 is 23.2 Å². The summed E-state index contributed by atoms with van der Waals surface area (Å²) in [6.07, 6.45) is 5.87. The molecule has 2 atom stereocenters. The molecule has 2 unspecified atom stereocenters. The van der Waals surface area contributed by atoms with E-state index in [1.807, 2.05) is 29.7 Å². The van der Waals surface area contributed by atoms with Gasteiger partial charge in [-0.1, -0.05) is 35.3 Å². The third-order valence-corrected chi connectivity index (χ3v) is 7.64. The van der Waals surface area contributed by atoms with Crippen molar-refractivity contribution in [1.82, 2.24) is 14.4 Å². The fraction of sp³-hybridized carbons (Fsp3) is 0.455. The van der Waals surface area contributed by atoms with E-state index in [1.165, 1.54) is 0 Å². The molecule has 0 radical (unpaired) electrons. The lowest BCUT2D eigenvalue weighted by Gasteiger charge is -2.41. The highest BCUT2D eigenvalue weighted by molar-refractivity contribution is 6.43. The molecule has 2 aliphatic heterocycles. The molecule has 30 heavy (non-hydrogen) atoms. The molecule has 1 spiro atoms. The zero-order valence-electron chi connectivity index (χ0n) is 17.1. The van der Waals surface area contributed by atoms with Gasteiger partial charge in [0.15, 0.2) is 0 Å². The van der Waals surface area contributed by atoms with Crippen LogP contribution in [0.15, 0.2) is 30.6 Å². The van der Waals surface area contributed by atoms with E-state index in [0.29, 0.717) is 10.0 Å². The number of nitrogens with zero attached hydrogens (tertiary/aromatic N) is 4. The zero-order chi connectivity index (χ0) is 21.0. The number of ether oxygens (including phenoxy) is 1. The van der Waals surface area contributed by atoms with Crippen molar-refractivity contribution in [3.05, 3.63) is 46.3 Å². The summed E-state index contributed by atoms with van der Waals surface area (Å²) in [7, 11) is 0. The molecular formula is C22H25Cl2N5O. The minimum absolute atomic E-state index is 0.0767. The quantitative estimate of drug-likeness (QED) is 0.634. The van der Waals surface area contributed by atoms with E-state index in [-0.39, 0.29) is 17.6 Å². The highest BCUT2D eigenvalue weighted by Gasteiger charge is 2.47. The molecule has 2 aromatic heterocycles. The van der Waals surface area contributed by atoms with Gasteiger partial charge in [0.2, 0.25) is 5.95 Å². The van der Waals surface area contributed by atoms with Crippen molar-refractivity contribution >= 4 is 34.8 Å². The Bertz CT molecular complexity index is 1110. The Kier molecular flexibility index (Phi) is 4.93. The zero-order valence-corrected chi connectivity index (χ0v) is 18.6. The van der Waals surface area contributed by atoms with Crippen LogP contribution in [0.2, 0.25) is 10.0 Å². The maximum absolute atomic E-state index is 6.52. The molecule has 4 heterocycles. The minimum atomic E-state index is 0.0767. The summed E-state index contributed by atoms with van der Waals surface area (Å²) in [5, 5.41) is 1.04. The van der Waals surface area contributed by atoms with Gasteiger partial charge in [0.25, 0.3) is 0 Å². The van der Waals surface area contributed by atoms with Gasteiger partial charge in [-0.05, 0) is 32.8 Å². The Morgan fingerprint density at radius 3 is 2.70 bits per heavy atom. The molecule has 3 aromatic rings. The summed E-state index contributed by atoms with van der Waals surface area (Å²) in [4.78, 5) is 11.9. The molecule has 2 aliphatic rings. The van der Waals surface area contributed by atoms with Gasteiger partial charge in [-0.2, -0.15) is 0 Å². The lowest BCUT2D eigenvalue weighted by atomic mass is 9.73. The van der Waals surface area contributed by atoms with E-state index in [2.05, 4.69) is 16.8 Å². The molecule has 2 saturated heterocycles. The van der Waals surface area contributed by atoms with Crippen LogP contribution in [0, 0.1) is 12.3 Å². The van der Waals surface area contributed by atoms with Crippen molar-refractivity contribution in [2.24, 2.45) is 11.1 Å². The van der Waals surface area contributed by atoms with Crippen molar-refractivity contribution < 1.29 is 4.74 Å². The minimum Gasteiger partial charge on any atom is -0.376 e. The summed E-state index contributed by atoms with van der Waals surface area (Å²) >= 11 is 12.8. The number of halogens is 2. The largest absolute Gasteiger partial charge is 0.376 e. The molecule has 1 aromatic carbocycles. The first-order valence-electron chi connectivity index (χ1n) is 10.3. The average Bonchev–Trinajstić information content (AvgIpc) is 3.32. The van der Waals surface area contributed by atoms with Crippen LogP contribution in [0.4, 0.5) is 5.95 Å². The molecular weight excluding hydrogens is 421 g/mol. The molecule has 2 N–H and O–H groups in total. The summed E-state index contributed by atoms with van der Waals surface area (Å²) in [6, 6.07) is 5.73. The average molecular weight is 446 g/mol. The predicted molar refractivity (Wildman–Crippen MR) is 120 cm³/mol. The van der Waals surface area contributed by atoms with E-state index in [4.69, 9.17) is 38.7 Å². The number of rotatable bonds is 2. The normalized spacial score (nSPS) is 23.6. The first-order valence-corrected chi connectivity index (χ1v) is 11.1. The molecule has 6 nitrogen and oxygen atoms in total. The Hall–Kier alpha value is -1.86. The van der Waals surface area contributed by atoms with Crippen LogP contribution in [-0.4, -0.2) is 46.2 Å². The number of nitrogens with two attached hydrogens (primary N) is 1. The van der Waals surface area contributed by atoms with Gasteiger partial charge >= 0.3 is 0 Å². The first-order chi connectivity index (χ1) is 14.4. The molecule has 5 rings (SSSR count). The lowest BCUT2D eigenvalue weighted by molar-refractivity contribution is 0.0973. The van der Waals surface area contributed by atoms with Gasteiger partial charge < -0.3 is 15.4 Å². The second-order valence-corrected chi connectivity index (χ2v) is 9.27. The summed E-state index contributed by atoms with van der Waals surface area (Å²) in [5.74, 6) is 0.900. The Balaban J connectivity index is 1.52. The Morgan fingerprint density at radius 2 is 2.00 bits per heavy atom. The fourth-order valence-electron chi connectivity index (χ4n) is 4.93. The third-order valence-electron chi connectivity index (χ3n) is 6.82. The number of anilines is 1. The second-order valence-electron chi connectivity index (χ2n) is 8.49. The number of piperidine rings is 1. The van der Waals surface area contributed by atoms with Gasteiger partial charge in [-0.3, -0.25) is 4.40 Å². The van der Waals surface area contributed by atoms with E-state index < -0.39 is 0 Å². The molecule has 0 saturated carbocycles. The number of aromatic nitrogens is 3. The molecule has 8 heteroatoms. The molecule has 0 aliphatic carbocycles. The van der Waals surface area contributed by atoms with Crippen molar-refractivity contribution in [1.29, 1.82) is 0 Å². The van der Waals surface area contributed by atoms with E-state index >= 15 is 0 Å². The van der Waals surface area contributed by atoms with Gasteiger partial charge in [0, 0.05) is 48.1 Å². The van der Waals surface area contributed by atoms with Gasteiger partial charge in [-0.15, -0.1) is 0 Å². The molecule has 0 amide bonds. The van der Waals surface area contributed by atoms with E-state index in [1.54, 1.807) is 12.3 Å². The highest BCUT2D eigenvalue weighted by Crippen LogP contribution is 2.42. The monoisotopic (exact) mass is 445 g/mol. The van der Waals surface area contributed by atoms with Crippen LogP contribution in [0.5, 0.6) is 0 Å². The van der Waals surface area contributed by atoms with Crippen LogP contribution in [0.1, 0.15) is 25.5 Å². The van der Waals surface area contributed by atoms with Gasteiger partial charge in [0.1, 0.15) is 5.65 Å². The summed E-state index contributed by atoms with van der Waals surface area (Å²) in [5.41, 5.74) is 10.0. The molecule has 158 valence electrons. The Labute approximate surface area is 186 Å². The topological polar surface area (TPSA) is 68.7 Å². The molecule has 2 fully saturated rings. The summed E-state index contributed by atoms with van der Waals surface area (Å²) < 4.78 is 7.91.